The molecule has 3 fully saturated rings. The number of benzene rings is 2. The molecule has 4 aliphatic heterocycles. The lowest BCUT2D eigenvalue weighted by atomic mass is 9.98. The average molecular weight is 660 g/mol. The molecule has 2 aromatic carbocycles. The minimum absolute atomic E-state index is 0.0346. The molecule has 0 aliphatic carbocycles. The smallest absolute Gasteiger partial charge is 0.410 e. The Morgan fingerprint density at radius 3 is 2.27 bits per heavy atom. The second-order valence-corrected chi connectivity index (χ2v) is 14.2. The average Bonchev–Trinajstić information content (AvgIpc) is 3.41. The van der Waals surface area contributed by atoms with E-state index in [9.17, 15) is 14.4 Å². The zero-order valence-corrected chi connectivity index (χ0v) is 29.0. The second-order valence-electron chi connectivity index (χ2n) is 14.2. The number of nitrogens with zero attached hydrogens (tertiary/aromatic N) is 5. The Morgan fingerprint density at radius 1 is 0.875 bits per heavy atom. The molecular weight excluding hydrogens is 606 g/mol. The lowest BCUT2D eigenvalue weighted by molar-refractivity contribution is -0.142. The van der Waals surface area contributed by atoms with Crippen LogP contribution < -0.4 is 11.1 Å². The summed E-state index contributed by atoms with van der Waals surface area (Å²) in [5, 5.41) is 3.06. The molecule has 48 heavy (non-hydrogen) atoms. The van der Waals surface area contributed by atoms with Crippen LogP contribution in [-0.2, 0) is 22.4 Å². The van der Waals surface area contributed by atoms with Gasteiger partial charge in [-0.25, -0.2) is 9.59 Å². The molecule has 0 bridgehead atoms. The first kappa shape index (κ1) is 34.0. The maximum atomic E-state index is 14.1. The molecule has 0 saturated carbocycles. The van der Waals surface area contributed by atoms with Gasteiger partial charge in [-0.3, -0.25) is 9.69 Å². The summed E-state index contributed by atoms with van der Waals surface area (Å²) in [6.45, 7) is 11.2. The molecule has 0 unspecified atom stereocenters. The number of hydrogen-bond donors (Lipinski definition) is 2. The lowest BCUT2D eigenvalue weighted by Gasteiger charge is -2.40. The van der Waals surface area contributed by atoms with E-state index >= 15 is 0 Å². The zero-order chi connectivity index (χ0) is 33.8. The van der Waals surface area contributed by atoms with Crippen molar-refractivity contribution in [1.29, 1.82) is 0 Å². The van der Waals surface area contributed by atoms with Gasteiger partial charge in [0, 0.05) is 75.7 Å². The molecule has 0 aromatic heterocycles. The number of urea groups is 1. The molecule has 2 aromatic rings. The minimum Gasteiger partial charge on any atom is -0.436 e. The fourth-order valence-corrected chi connectivity index (χ4v) is 7.96. The highest BCUT2D eigenvalue weighted by Crippen LogP contribution is 2.27. The van der Waals surface area contributed by atoms with Crippen LogP contribution in [0.1, 0.15) is 54.4 Å². The van der Waals surface area contributed by atoms with Crippen molar-refractivity contribution in [2.45, 2.75) is 77.0 Å². The molecule has 3 N–H and O–H groups in total. The van der Waals surface area contributed by atoms with Gasteiger partial charge in [0.15, 0.2) is 6.10 Å². The second kappa shape index (κ2) is 15.2. The van der Waals surface area contributed by atoms with Crippen molar-refractivity contribution in [3.63, 3.8) is 0 Å². The first-order valence-corrected chi connectivity index (χ1v) is 17.8. The Labute approximate surface area is 285 Å². The maximum absolute atomic E-state index is 14.1. The van der Waals surface area contributed by atoms with Crippen LogP contribution in [0.4, 0.5) is 21.0 Å². The van der Waals surface area contributed by atoms with E-state index in [1.807, 2.05) is 54.0 Å². The van der Waals surface area contributed by atoms with Crippen molar-refractivity contribution in [3.05, 3.63) is 58.7 Å². The van der Waals surface area contributed by atoms with Gasteiger partial charge in [-0.05, 0) is 101 Å². The Bertz CT molecular complexity index is 1440. The Kier molecular flexibility index (Phi) is 10.8. The van der Waals surface area contributed by atoms with Crippen LogP contribution >= 0.6 is 0 Å². The predicted octanol–water partition coefficient (Wildman–Crippen LogP) is 4.12. The van der Waals surface area contributed by atoms with E-state index in [1.165, 1.54) is 6.42 Å². The molecule has 260 valence electrons. The van der Waals surface area contributed by atoms with E-state index in [1.54, 1.807) is 4.90 Å². The third-order valence-electron chi connectivity index (χ3n) is 10.9. The number of nitrogens with one attached hydrogen (secondary N) is 1. The highest BCUT2D eigenvalue weighted by atomic mass is 16.6. The standard InChI is InChI=1S/C37H53N7O4/c1-26-23-28(24-27(2)34(26)38)25-33(35(45)42-16-10-30(11-17-42)41-15-6-14-40(3)21-22-41)48-37(47)43-18-12-31(13-19-43)44-20-9-29-7-4-5-8-32(29)39-36(44)46/h4-5,7-8,23-24,30-31,33H,6,9-22,25,38H2,1-3H3,(H,39,46)/t33-/m1/s1. The van der Waals surface area contributed by atoms with Gasteiger partial charge in [0.25, 0.3) is 5.91 Å². The third-order valence-corrected chi connectivity index (χ3v) is 10.9. The SMILES string of the molecule is Cc1cc(C[C@@H](OC(=O)N2CCC(N3CCc4ccccc4NC3=O)CC2)C(=O)N2CCC(N3CCCN(C)CC3)CC2)cc(C)c1N. The quantitative estimate of drug-likeness (QED) is 0.449. The fraction of sp³-hybridized carbons (Fsp3) is 0.595. The first-order chi connectivity index (χ1) is 23.2. The van der Waals surface area contributed by atoms with E-state index in [4.69, 9.17) is 10.5 Å². The molecule has 0 spiro atoms. The summed E-state index contributed by atoms with van der Waals surface area (Å²) >= 11 is 0. The Hall–Kier alpha value is -3.83. The number of ether oxygens (including phenoxy) is 1. The molecule has 11 heteroatoms. The van der Waals surface area contributed by atoms with Gasteiger partial charge in [-0.1, -0.05) is 30.3 Å². The van der Waals surface area contributed by atoms with Crippen molar-refractivity contribution in [2.75, 3.05) is 77.0 Å². The van der Waals surface area contributed by atoms with E-state index < -0.39 is 12.2 Å². The number of para-hydroxylation sites is 1. The monoisotopic (exact) mass is 659 g/mol. The number of nitrogen functional groups attached to an aromatic ring is 1. The molecule has 1 atom stereocenters. The van der Waals surface area contributed by atoms with Gasteiger partial charge >= 0.3 is 12.1 Å². The summed E-state index contributed by atoms with van der Waals surface area (Å²) in [4.78, 5) is 51.3. The summed E-state index contributed by atoms with van der Waals surface area (Å²) in [6.07, 6.45) is 4.06. The van der Waals surface area contributed by atoms with E-state index in [0.29, 0.717) is 58.0 Å². The van der Waals surface area contributed by atoms with E-state index in [2.05, 4.69) is 28.2 Å². The lowest BCUT2D eigenvalue weighted by Crippen LogP contribution is -2.52. The van der Waals surface area contributed by atoms with Crippen LogP contribution in [0.25, 0.3) is 0 Å². The fourth-order valence-electron chi connectivity index (χ4n) is 7.96. The van der Waals surface area contributed by atoms with Crippen molar-refractivity contribution >= 4 is 29.4 Å². The number of amides is 4. The van der Waals surface area contributed by atoms with E-state index in [-0.39, 0.29) is 18.0 Å². The molecular formula is C37H53N7O4. The number of nitrogens with two attached hydrogens (primary N) is 1. The van der Waals surface area contributed by atoms with Crippen molar-refractivity contribution in [1.82, 2.24) is 24.5 Å². The molecule has 4 aliphatic rings. The van der Waals surface area contributed by atoms with Gasteiger partial charge in [0.1, 0.15) is 0 Å². The highest BCUT2D eigenvalue weighted by Gasteiger charge is 2.36. The number of rotatable bonds is 6. The normalized spacial score (nSPS) is 21.2. The Morgan fingerprint density at radius 2 is 1.54 bits per heavy atom. The van der Waals surface area contributed by atoms with Gasteiger partial charge in [0.2, 0.25) is 0 Å². The van der Waals surface area contributed by atoms with Crippen molar-refractivity contribution < 1.29 is 19.1 Å². The first-order valence-electron chi connectivity index (χ1n) is 17.8. The molecule has 0 radical (unpaired) electrons. The van der Waals surface area contributed by atoms with Crippen LogP contribution in [0.5, 0.6) is 0 Å². The van der Waals surface area contributed by atoms with Crippen molar-refractivity contribution in [2.24, 2.45) is 0 Å². The summed E-state index contributed by atoms with van der Waals surface area (Å²) in [5.74, 6) is -0.125. The van der Waals surface area contributed by atoms with Crippen LogP contribution in [0.2, 0.25) is 0 Å². The van der Waals surface area contributed by atoms with Crippen LogP contribution in [0.3, 0.4) is 0 Å². The van der Waals surface area contributed by atoms with Gasteiger partial charge in [0.05, 0.1) is 0 Å². The number of piperidine rings is 2. The van der Waals surface area contributed by atoms with Crippen molar-refractivity contribution in [3.8, 4) is 0 Å². The van der Waals surface area contributed by atoms with E-state index in [0.717, 1.165) is 79.1 Å². The number of carbonyl (C=O) groups excluding carboxylic acids is 3. The number of fused-ring (bicyclic) bond motifs is 1. The number of hydrogen-bond acceptors (Lipinski definition) is 7. The Balaban J connectivity index is 1.08. The highest BCUT2D eigenvalue weighted by molar-refractivity contribution is 5.91. The van der Waals surface area contributed by atoms with Gasteiger partial charge in [-0.15, -0.1) is 0 Å². The predicted molar refractivity (Wildman–Crippen MR) is 188 cm³/mol. The topological polar surface area (TPSA) is 115 Å². The summed E-state index contributed by atoms with van der Waals surface area (Å²) < 4.78 is 6.11. The van der Waals surface area contributed by atoms with Crippen LogP contribution in [0, 0.1) is 13.8 Å². The largest absolute Gasteiger partial charge is 0.436 e. The number of likely N-dealkylation sites (N-methyl/N-ethyl adjacent to an activating group) is 1. The zero-order valence-electron chi connectivity index (χ0n) is 29.0. The summed E-state index contributed by atoms with van der Waals surface area (Å²) in [6, 6.07) is 12.3. The maximum Gasteiger partial charge on any atom is 0.410 e. The summed E-state index contributed by atoms with van der Waals surface area (Å²) in [7, 11) is 2.19. The third kappa shape index (κ3) is 7.89. The van der Waals surface area contributed by atoms with Crippen LogP contribution in [-0.4, -0.2) is 127 Å². The molecule has 4 heterocycles. The molecule has 3 saturated heterocycles. The van der Waals surface area contributed by atoms with Gasteiger partial charge < -0.3 is 35.4 Å². The number of anilines is 2. The summed E-state index contributed by atoms with van der Waals surface area (Å²) in [5.41, 5.74) is 11.8. The van der Waals surface area contributed by atoms with Crippen LogP contribution in [0.15, 0.2) is 36.4 Å². The minimum atomic E-state index is -0.920. The molecule has 4 amide bonds. The number of likely N-dealkylation sites (tertiary alicyclic amines) is 2. The molecule has 11 nitrogen and oxygen atoms in total. The van der Waals surface area contributed by atoms with Gasteiger partial charge in [-0.2, -0.15) is 0 Å². The number of carbonyl (C=O) groups is 3. The molecule has 6 rings (SSSR count). The number of aryl methyl sites for hydroxylation is 2.